The Hall–Kier alpha value is -1.47. The lowest BCUT2D eigenvalue weighted by Gasteiger charge is -2.33. The number of hydrogen-bond acceptors (Lipinski definition) is 5. The summed E-state index contributed by atoms with van der Waals surface area (Å²) in [4.78, 5) is 10.1. The van der Waals surface area contributed by atoms with Crippen molar-refractivity contribution in [3.63, 3.8) is 0 Å². The molecule has 1 atom stereocenters. The molecule has 0 aliphatic carbocycles. The average Bonchev–Trinajstić information content (AvgIpc) is 2.90. The van der Waals surface area contributed by atoms with Crippen LogP contribution in [0.25, 0.3) is 0 Å². The zero-order valence-electron chi connectivity index (χ0n) is 12.4. The van der Waals surface area contributed by atoms with Gasteiger partial charge >= 0.3 is 5.69 Å². The molecule has 0 radical (unpaired) electrons. The molecule has 114 valence electrons. The molecule has 1 aromatic rings. The minimum absolute atomic E-state index is 0.0527. The second kappa shape index (κ2) is 7.35. The van der Waals surface area contributed by atoms with Crippen LogP contribution in [0.15, 0.2) is 12.4 Å². The van der Waals surface area contributed by atoms with Crippen molar-refractivity contribution < 1.29 is 10.0 Å². The maximum atomic E-state index is 10.6. The second-order valence-electron chi connectivity index (χ2n) is 5.05. The third-order valence-electron chi connectivity index (χ3n) is 3.97. The number of rotatable bonds is 9. The van der Waals surface area contributed by atoms with Crippen molar-refractivity contribution in [1.82, 2.24) is 15.1 Å². The molecule has 0 aliphatic rings. The molecule has 0 fully saturated rings. The molecule has 1 heterocycles. The highest BCUT2D eigenvalue weighted by molar-refractivity contribution is 5.20. The molecule has 0 spiro atoms. The Labute approximate surface area is 119 Å². The molecule has 1 aromatic heterocycles. The maximum Gasteiger partial charge on any atom is 0.306 e. The second-order valence-corrected chi connectivity index (χ2v) is 5.05. The number of nitrogens with zero attached hydrogens (tertiary/aromatic N) is 3. The fourth-order valence-corrected chi connectivity index (χ4v) is 2.29. The van der Waals surface area contributed by atoms with Crippen LogP contribution in [0, 0.1) is 10.1 Å². The summed E-state index contributed by atoms with van der Waals surface area (Å²) in [6, 6.07) is 0. The van der Waals surface area contributed by atoms with E-state index in [2.05, 4.69) is 31.2 Å². The van der Waals surface area contributed by atoms with Crippen LogP contribution >= 0.6 is 0 Å². The van der Waals surface area contributed by atoms with Crippen molar-refractivity contribution in [2.24, 2.45) is 0 Å². The smallest absolute Gasteiger partial charge is 0.306 e. The van der Waals surface area contributed by atoms with Crippen molar-refractivity contribution in [2.75, 3.05) is 6.54 Å². The van der Waals surface area contributed by atoms with E-state index in [0.717, 1.165) is 19.3 Å². The molecule has 0 amide bonds. The minimum atomic E-state index is -0.626. The highest BCUT2D eigenvalue weighted by Gasteiger charge is 2.24. The quantitative estimate of drug-likeness (QED) is 0.532. The maximum absolute atomic E-state index is 10.6. The zero-order valence-corrected chi connectivity index (χ0v) is 12.4. The highest BCUT2D eigenvalue weighted by atomic mass is 16.6. The van der Waals surface area contributed by atoms with Gasteiger partial charge in [0.25, 0.3) is 0 Å². The Morgan fingerprint density at radius 3 is 2.50 bits per heavy atom. The van der Waals surface area contributed by atoms with E-state index in [9.17, 15) is 15.2 Å². The third-order valence-corrected chi connectivity index (χ3v) is 3.97. The standard InChI is InChI=1S/C13H24N4O3/c1-4-13(5-2,6-3)14-8-12(18)10-16-9-11(7-15-16)17(19)20/h7,9,12,14,18H,4-6,8,10H2,1-3H3. The van der Waals surface area contributed by atoms with Crippen LogP contribution in [0.1, 0.15) is 40.0 Å². The first-order valence-corrected chi connectivity index (χ1v) is 7.06. The predicted molar refractivity (Wildman–Crippen MR) is 76.5 cm³/mol. The molecular weight excluding hydrogens is 260 g/mol. The number of aliphatic hydroxyl groups excluding tert-OH is 1. The van der Waals surface area contributed by atoms with Crippen molar-refractivity contribution in [3.05, 3.63) is 22.5 Å². The van der Waals surface area contributed by atoms with Gasteiger partial charge in [0.05, 0.1) is 17.6 Å². The summed E-state index contributed by atoms with van der Waals surface area (Å²) >= 11 is 0. The number of hydrogen-bond donors (Lipinski definition) is 2. The Morgan fingerprint density at radius 1 is 1.45 bits per heavy atom. The first kappa shape index (κ1) is 16.6. The lowest BCUT2D eigenvalue weighted by molar-refractivity contribution is -0.385. The zero-order chi connectivity index (χ0) is 15.2. The van der Waals surface area contributed by atoms with Gasteiger partial charge in [-0.05, 0) is 19.3 Å². The Bertz CT molecular complexity index is 421. The number of aliphatic hydroxyl groups is 1. The van der Waals surface area contributed by atoms with Gasteiger partial charge in [-0.1, -0.05) is 20.8 Å². The van der Waals surface area contributed by atoms with Gasteiger partial charge < -0.3 is 10.4 Å². The van der Waals surface area contributed by atoms with Crippen LogP contribution in [0.5, 0.6) is 0 Å². The number of nitro groups is 1. The van der Waals surface area contributed by atoms with Crippen molar-refractivity contribution >= 4 is 5.69 Å². The molecule has 0 saturated carbocycles. The van der Waals surface area contributed by atoms with E-state index in [4.69, 9.17) is 0 Å². The van der Waals surface area contributed by atoms with E-state index in [-0.39, 0.29) is 17.8 Å². The summed E-state index contributed by atoms with van der Waals surface area (Å²) in [5.41, 5.74) is -0.00735. The lowest BCUT2D eigenvalue weighted by Crippen LogP contribution is -2.47. The van der Waals surface area contributed by atoms with Gasteiger partial charge in [0.15, 0.2) is 0 Å². The molecule has 1 unspecified atom stereocenters. The van der Waals surface area contributed by atoms with Gasteiger partial charge in [-0.15, -0.1) is 0 Å². The molecule has 0 aliphatic heterocycles. The van der Waals surface area contributed by atoms with E-state index in [1.54, 1.807) is 0 Å². The van der Waals surface area contributed by atoms with Gasteiger partial charge in [0.2, 0.25) is 0 Å². The number of aromatic nitrogens is 2. The monoisotopic (exact) mass is 284 g/mol. The topological polar surface area (TPSA) is 93.2 Å². The van der Waals surface area contributed by atoms with Gasteiger partial charge in [0.1, 0.15) is 12.4 Å². The summed E-state index contributed by atoms with van der Waals surface area (Å²) in [7, 11) is 0. The molecule has 0 aromatic carbocycles. The van der Waals surface area contributed by atoms with E-state index in [1.807, 2.05) is 0 Å². The normalized spacial score (nSPS) is 13.4. The van der Waals surface area contributed by atoms with E-state index < -0.39 is 11.0 Å². The molecule has 7 heteroatoms. The molecule has 0 saturated heterocycles. The molecule has 20 heavy (non-hydrogen) atoms. The van der Waals surface area contributed by atoms with Crippen LogP contribution in [0.3, 0.4) is 0 Å². The molecule has 2 N–H and O–H groups in total. The van der Waals surface area contributed by atoms with Crippen LogP contribution < -0.4 is 5.32 Å². The Kier molecular flexibility index (Phi) is 6.09. The first-order chi connectivity index (χ1) is 9.46. The summed E-state index contributed by atoms with van der Waals surface area (Å²) in [5, 5.41) is 27.8. The number of nitrogens with one attached hydrogen (secondary N) is 1. The number of β-amino-alcohol motifs (C(OH)–C–C–N with tert-alkyl or cyclic N) is 1. The average molecular weight is 284 g/mol. The van der Waals surface area contributed by atoms with Crippen molar-refractivity contribution in [1.29, 1.82) is 0 Å². The van der Waals surface area contributed by atoms with Gasteiger partial charge in [-0.25, -0.2) is 0 Å². The summed E-state index contributed by atoms with van der Waals surface area (Å²) in [5.74, 6) is 0. The summed E-state index contributed by atoms with van der Waals surface area (Å²) < 4.78 is 1.40. The summed E-state index contributed by atoms with van der Waals surface area (Å²) in [6.45, 7) is 7.08. The highest BCUT2D eigenvalue weighted by Crippen LogP contribution is 2.19. The lowest BCUT2D eigenvalue weighted by atomic mass is 9.89. The van der Waals surface area contributed by atoms with Crippen LogP contribution in [-0.4, -0.2) is 38.0 Å². The molecule has 0 bridgehead atoms. The fourth-order valence-electron chi connectivity index (χ4n) is 2.29. The minimum Gasteiger partial charge on any atom is -0.390 e. The van der Waals surface area contributed by atoms with Gasteiger partial charge in [-0.3, -0.25) is 14.8 Å². The van der Waals surface area contributed by atoms with Crippen LogP contribution in [0.4, 0.5) is 5.69 Å². The van der Waals surface area contributed by atoms with E-state index in [0.29, 0.717) is 6.54 Å². The Morgan fingerprint density at radius 2 is 2.05 bits per heavy atom. The van der Waals surface area contributed by atoms with E-state index >= 15 is 0 Å². The van der Waals surface area contributed by atoms with Gasteiger partial charge in [0, 0.05) is 12.1 Å². The first-order valence-electron chi connectivity index (χ1n) is 7.06. The van der Waals surface area contributed by atoms with E-state index in [1.165, 1.54) is 17.1 Å². The van der Waals surface area contributed by atoms with Crippen molar-refractivity contribution in [2.45, 2.75) is 58.2 Å². The summed E-state index contributed by atoms with van der Waals surface area (Å²) in [6.07, 6.45) is 4.89. The van der Waals surface area contributed by atoms with Crippen LogP contribution in [-0.2, 0) is 6.54 Å². The Balaban J connectivity index is 2.50. The molecule has 1 rings (SSSR count). The largest absolute Gasteiger partial charge is 0.390 e. The van der Waals surface area contributed by atoms with Crippen molar-refractivity contribution in [3.8, 4) is 0 Å². The molecule has 7 nitrogen and oxygen atoms in total. The third kappa shape index (κ3) is 4.28. The fraction of sp³-hybridized carbons (Fsp3) is 0.769. The van der Waals surface area contributed by atoms with Crippen LogP contribution in [0.2, 0.25) is 0 Å². The van der Waals surface area contributed by atoms with Gasteiger partial charge in [-0.2, -0.15) is 5.10 Å². The molecular formula is C13H24N4O3. The SMILES string of the molecule is CCC(CC)(CC)NCC(O)Cn1cc([N+](=O)[O-])cn1. The predicted octanol–water partition coefficient (Wildman–Crippen LogP) is 1.71.